The molecule has 0 N–H and O–H groups in total. The van der Waals surface area contributed by atoms with Crippen molar-refractivity contribution in [1.29, 1.82) is 0 Å². The minimum absolute atomic E-state index is 0.0281. The number of rotatable bonds is 2. The van der Waals surface area contributed by atoms with E-state index < -0.39 is 23.0 Å². The number of pyridine rings is 1. The molecule has 0 spiro atoms. The average Bonchev–Trinajstić information content (AvgIpc) is 2.50. The lowest BCUT2D eigenvalue weighted by molar-refractivity contribution is 0.548. The molecule has 3 nitrogen and oxygen atoms in total. The summed E-state index contributed by atoms with van der Waals surface area (Å²) in [4.78, 5) is 3.91. The van der Waals surface area contributed by atoms with Crippen molar-refractivity contribution in [3.63, 3.8) is 0 Å². The number of hydrogen-bond donors (Lipinski definition) is 0. The Hall–Kier alpha value is -2.47. The molecular weight excluding hydrogens is 327 g/mol. The van der Waals surface area contributed by atoms with Gasteiger partial charge in [-0.2, -0.15) is 5.10 Å². The third-order valence-electron chi connectivity index (χ3n) is 3.33. The lowest BCUT2D eigenvalue weighted by atomic mass is 9.95. The highest BCUT2D eigenvalue weighted by Gasteiger charge is 2.23. The first-order chi connectivity index (χ1) is 11.0. The smallest absolute Gasteiger partial charge is 0.160 e. The summed E-state index contributed by atoms with van der Waals surface area (Å²) in [6, 6.07) is 4.51. The van der Waals surface area contributed by atoms with E-state index in [0.717, 1.165) is 0 Å². The van der Waals surface area contributed by atoms with Crippen molar-refractivity contribution < 1.29 is 13.2 Å². The van der Waals surface area contributed by atoms with Crippen LogP contribution in [0, 0.1) is 24.4 Å². The van der Waals surface area contributed by atoms with Crippen LogP contribution in [0.4, 0.5) is 13.2 Å². The molecule has 0 aliphatic carbocycles. The predicted molar refractivity (Wildman–Crippen MR) is 80.3 cm³/mol. The normalized spacial score (nSPS) is 10.8. The van der Waals surface area contributed by atoms with Crippen LogP contribution in [-0.4, -0.2) is 15.2 Å². The second-order valence-corrected chi connectivity index (χ2v) is 5.16. The predicted octanol–water partition coefficient (Wildman–Crippen LogP) is 4.58. The fourth-order valence-corrected chi connectivity index (χ4v) is 2.61. The quantitative estimate of drug-likeness (QED) is 0.688. The van der Waals surface area contributed by atoms with Crippen molar-refractivity contribution in [2.45, 2.75) is 6.92 Å². The fourth-order valence-electron chi connectivity index (χ4n) is 2.38. The summed E-state index contributed by atoms with van der Waals surface area (Å²) in [5.41, 5.74) is 1.05. The molecule has 2 aromatic heterocycles. The molecule has 0 saturated carbocycles. The minimum atomic E-state index is -1.06. The lowest BCUT2D eigenvalue weighted by Gasteiger charge is -2.14. The topological polar surface area (TPSA) is 38.7 Å². The summed E-state index contributed by atoms with van der Waals surface area (Å²) in [6.45, 7) is 1.64. The Bertz CT molecular complexity index is 862. The highest BCUT2D eigenvalue weighted by Crippen LogP contribution is 2.40. The first-order valence-corrected chi connectivity index (χ1v) is 6.95. The van der Waals surface area contributed by atoms with E-state index in [9.17, 15) is 13.2 Å². The van der Waals surface area contributed by atoms with Gasteiger partial charge in [-0.05, 0) is 24.6 Å². The number of aryl methyl sites for hydroxylation is 1. The molecule has 0 saturated heterocycles. The second kappa shape index (κ2) is 5.96. The molecule has 116 valence electrons. The lowest BCUT2D eigenvalue weighted by Crippen LogP contribution is -2.01. The van der Waals surface area contributed by atoms with Crippen LogP contribution in [0.3, 0.4) is 0 Å². The number of aromatic nitrogens is 3. The highest BCUT2D eigenvalue weighted by atomic mass is 35.5. The molecule has 3 rings (SSSR count). The van der Waals surface area contributed by atoms with Crippen LogP contribution in [0.1, 0.15) is 5.69 Å². The zero-order chi connectivity index (χ0) is 16.6. The van der Waals surface area contributed by atoms with E-state index in [-0.39, 0.29) is 10.7 Å². The number of halogens is 4. The van der Waals surface area contributed by atoms with Gasteiger partial charge in [0.1, 0.15) is 17.5 Å². The zero-order valence-corrected chi connectivity index (χ0v) is 12.6. The van der Waals surface area contributed by atoms with Crippen molar-refractivity contribution >= 4 is 11.6 Å². The van der Waals surface area contributed by atoms with Gasteiger partial charge in [0.05, 0.1) is 11.3 Å². The van der Waals surface area contributed by atoms with Crippen molar-refractivity contribution in [2.75, 3.05) is 0 Å². The van der Waals surface area contributed by atoms with Crippen molar-refractivity contribution in [3.05, 3.63) is 65.0 Å². The molecule has 0 aliphatic heterocycles. The van der Waals surface area contributed by atoms with Crippen molar-refractivity contribution in [2.24, 2.45) is 0 Å². The Balaban J connectivity index is 2.40. The Labute approximate surface area is 134 Å². The molecule has 2 heterocycles. The molecule has 3 aromatic rings. The molecule has 0 amide bonds. The van der Waals surface area contributed by atoms with Gasteiger partial charge in [-0.25, -0.2) is 13.2 Å². The summed E-state index contributed by atoms with van der Waals surface area (Å²) < 4.78 is 41.6. The molecule has 0 unspecified atom stereocenters. The monoisotopic (exact) mass is 335 g/mol. The van der Waals surface area contributed by atoms with Gasteiger partial charge in [-0.3, -0.25) is 4.98 Å². The van der Waals surface area contributed by atoms with E-state index in [1.807, 2.05) is 0 Å². The van der Waals surface area contributed by atoms with Gasteiger partial charge in [-0.1, -0.05) is 11.6 Å². The third-order valence-corrected chi connectivity index (χ3v) is 3.60. The molecule has 7 heteroatoms. The molecule has 0 atom stereocenters. The third kappa shape index (κ3) is 2.77. The van der Waals surface area contributed by atoms with Crippen LogP contribution in [0.2, 0.25) is 5.15 Å². The molecule has 1 aromatic carbocycles. The van der Waals surface area contributed by atoms with Gasteiger partial charge in [0.2, 0.25) is 0 Å². The maximum atomic E-state index is 14.2. The van der Waals surface area contributed by atoms with Crippen molar-refractivity contribution in [1.82, 2.24) is 15.2 Å². The Kier molecular flexibility index (Phi) is 4.00. The van der Waals surface area contributed by atoms with Gasteiger partial charge in [0.25, 0.3) is 0 Å². The molecular formula is C16H9ClF3N3. The van der Waals surface area contributed by atoms with E-state index in [1.54, 1.807) is 19.1 Å². The van der Waals surface area contributed by atoms with Gasteiger partial charge < -0.3 is 0 Å². The SMILES string of the molecule is Cc1nnc(Cl)c(-c2c(F)cc(F)cc2F)c1-c1ccncc1. The first kappa shape index (κ1) is 15.4. The Morgan fingerprint density at radius 2 is 1.48 bits per heavy atom. The van der Waals surface area contributed by atoms with Crippen LogP contribution < -0.4 is 0 Å². The molecule has 0 aliphatic rings. The van der Waals surface area contributed by atoms with Crippen LogP contribution >= 0.6 is 11.6 Å². The summed E-state index contributed by atoms with van der Waals surface area (Å²) >= 11 is 6.05. The van der Waals surface area contributed by atoms with Crippen molar-refractivity contribution in [3.8, 4) is 22.3 Å². The zero-order valence-electron chi connectivity index (χ0n) is 11.8. The summed E-state index contributed by atoms with van der Waals surface area (Å²) in [6.07, 6.45) is 3.06. The molecule has 0 bridgehead atoms. The maximum Gasteiger partial charge on any atom is 0.160 e. The van der Waals surface area contributed by atoms with Crippen LogP contribution in [0.25, 0.3) is 22.3 Å². The molecule has 0 radical (unpaired) electrons. The van der Waals surface area contributed by atoms with E-state index in [0.29, 0.717) is 29.0 Å². The largest absolute Gasteiger partial charge is 0.265 e. The minimum Gasteiger partial charge on any atom is -0.265 e. The summed E-state index contributed by atoms with van der Waals surface area (Å²) in [7, 11) is 0. The molecule has 23 heavy (non-hydrogen) atoms. The fraction of sp³-hybridized carbons (Fsp3) is 0.0625. The first-order valence-electron chi connectivity index (χ1n) is 6.57. The van der Waals surface area contributed by atoms with E-state index >= 15 is 0 Å². The summed E-state index contributed by atoms with van der Waals surface area (Å²) in [5.74, 6) is -3.14. The number of benzene rings is 1. The van der Waals surface area contributed by atoms with Gasteiger partial charge >= 0.3 is 0 Å². The maximum absolute atomic E-state index is 14.2. The number of nitrogens with zero attached hydrogens (tertiary/aromatic N) is 3. The highest BCUT2D eigenvalue weighted by molar-refractivity contribution is 6.32. The van der Waals surface area contributed by atoms with Crippen LogP contribution in [0.15, 0.2) is 36.7 Å². The standard InChI is InChI=1S/C16H9ClF3N3/c1-8-13(9-2-4-21-5-3-9)15(16(17)23-22-8)14-11(19)6-10(18)7-12(14)20/h2-7H,1H3. The van der Waals surface area contributed by atoms with Gasteiger partial charge in [0.15, 0.2) is 5.15 Å². The van der Waals surface area contributed by atoms with E-state index in [1.165, 1.54) is 12.4 Å². The van der Waals surface area contributed by atoms with E-state index in [4.69, 9.17) is 11.6 Å². The Morgan fingerprint density at radius 1 is 0.870 bits per heavy atom. The second-order valence-electron chi connectivity index (χ2n) is 4.81. The number of hydrogen-bond acceptors (Lipinski definition) is 3. The van der Waals surface area contributed by atoms with Gasteiger partial charge in [-0.15, -0.1) is 5.10 Å². The summed E-state index contributed by atoms with van der Waals surface area (Å²) in [5, 5.41) is 7.44. The molecule has 0 fully saturated rings. The average molecular weight is 336 g/mol. The van der Waals surface area contributed by atoms with Gasteiger partial charge in [0, 0.05) is 35.7 Å². The Morgan fingerprint density at radius 3 is 2.09 bits per heavy atom. The van der Waals surface area contributed by atoms with Crippen LogP contribution in [0.5, 0.6) is 0 Å². The van der Waals surface area contributed by atoms with Crippen LogP contribution in [-0.2, 0) is 0 Å². The van der Waals surface area contributed by atoms with E-state index in [2.05, 4.69) is 15.2 Å².